The average molecular weight is 128 g/mol. The van der Waals surface area contributed by atoms with Crippen LogP contribution in [0.25, 0.3) is 0 Å². The predicted molar refractivity (Wildman–Crippen MR) is 45.0 cm³/mol. The van der Waals surface area contributed by atoms with Crippen LogP contribution in [0.1, 0.15) is 26.2 Å². The third-order valence-corrected chi connectivity index (χ3v) is 1.43. The maximum absolute atomic E-state index is 2.25. The molecule has 0 aliphatic rings. The third kappa shape index (κ3) is 8.02. The summed E-state index contributed by atoms with van der Waals surface area (Å²) in [6, 6.07) is 0. The van der Waals surface area contributed by atoms with E-state index in [1.54, 1.807) is 0 Å². The van der Waals surface area contributed by atoms with E-state index in [1.165, 1.54) is 25.8 Å². The van der Waals surface area contributed by atoms with Gasteiger partial charge in [-0.05, 0) is 12.8 Å². The lowest BCUT2D eigenvalue weighted by molar-refractivity contribution is -0.773. The Bertz CT molecular complexity index is 65.8. The first-order chi connectivity index (χ1) is 4.06. The molecule has 0 N–H and O–H groups in total. The largest absolute Gasteiger partial charge is 0.404 e. The van der Waals surface area contributed by atoms with Crippen LogP contribution in [0.4, 0.5) is 0 Å². The minimum atomic E-state index is 1.11. The molecule has 0 fully saturated rings. The number of quaternary nitrogens is 1. The lowest BCUT2D eigenvalue weighted by atomic mass is 10.2. The van der Waals surface area contributed by atoms with Gasteiger partial charge in [0.05, 0.1) is 6.54 Å². The quantitative estimate of drug-likeness (QED) is 0.388. The van der Waals surface area contributed by atoms with E-state index in [4.69, 9.17) is 0 Å². The van der Waals surface area contributed by atoms with Gasteiger partial charge in [0.25, 0.3) is 0 Å². The zero-order valence-electron chi connectivity index (χ0n) is 7.28. The van der Waals surface area contributed by atoms with Gasteiger partial charge >= 0.3 is 7.98 Å². The number of unbranched alkanes of at least 4 members (excludes halogenated alkanes) is 2. The molecule has 54 valence electrons. The number of rotatable bonds is 4. The summed E-state index contributed by atoms with van der Waals surface area (Å²) < 4.78 is 1.11. The summed E-state index contributed by atoms with van der Waals surface area (Å²) in [7, 11) is 6.74. The smallest absolute Gasteiger partial charge is 0.372 e. The van der Waals surface area contributed by atoms with Crippen molar-refractivity contribution < 1.29 is 4.39 Å². The molecule has 0 aliphatic heterocycles. The minimum absolute atomic E-state index is 1.11. The van der Waals surface area contributed by atoms with Crippen LogP contribution < -0.4 is 0 Å². The van der Waals surface area contributed by atoms with Gasteiger partial charge in [-0.15, -0.1) is 0 Å². The van der Waals surface area contributed by atoms with Crippen molar-refractivity contribution in [2.24, 2.45) is 0 Å². The van der Waals surface area contributed by atoms with Crippen molar-refractivity contribution in [1.29, 1.82) is 0 Å². The molecule has 0 heterocycles. The van der Waals surface area contributed by atoms with E-state index in [0.29, 0.717) is 0 Å². The van der Waals surface area contributed by atoms with Crippen molar-refractivity contribution in [1.82, 2.24) is 0 Å². The lowest BCUT2D eigenvalue weighted by Gasteiger charge is -2.25. The van der Waals surface area contributed by atoms with Crippen LogP contribution >= 0.6 is 0 Å². The highest BCUT2D eigenvalue weighted by Gasteiger charge is 2.03. The van der Waals surface area contributed by atoms with Crippen LogP contribution in [0.15, 0.2) is 0 Å². The van der Waals surface area contributed by atoms with E-state index >= 15 is 0 Å². The van der Waals surface area contributed by atoms with Crippen LogP contribution in [0.2, 0.25) is 0 Å². The summed E-state index contributed by atoms with van der Waals surface area (Å²) in [6.45, 7) is 3.56. The summed E-state index contributed by atoms with van der Waals surface area (Å²) in [6.07, 6.45) is 4.09. The van der Waals surface area contributed by atoms with E-state index < -0.39 is 0 Å². The van der Waals surface area contributed by atoms with Crippen LogP contribution in [0, 0.1) is 0 Å². The molecule has 0 aliphatic carbocycles. The van der Waals surface area contributed by atoms with Crippen molar-refractivity contribution in [3.05, 3.63) is 0 Å². The second kappa shape index (κ2) is 3.94. The molecule has 0 atom stereocenters. The Kier molecular flexibility index (Phi) is 3.95. The molecule has 0 aromatic heterocycles. The van der Waals surface area contributed by atoms with Gasteiger partial charge in [-0.1, -0.05) is 13.3 Å². The van der Waals surface area contributed by atoms with Gasteiger partial charge < -0.3 is 4.39 Å². The average Bonchev–Trinajstić information content (AvgIpc) is 1.63. The molecule has 0 amide bonds. The molecular formula is C7H19BN+. The Morgan fingerprint density at radius 1 is 1.22 bits per heavy atom. The number of hydrogen-bond donors (Lipinski definition) is 0. The predicted octanol–water partition coefficient (Wildman–Crippen LogP) is 0.801. The van der Waals surface area contributed by atoms with Gasteiger partial charge in [0.15, 0.2) is 0 Å². The molecular weight excluding hydrogens is 109 g/mol. The van der Waals surface area contributed by atoms with Gasteiger partial charge in [0.1, 0.15) is 0 Å². The fourth-order valence-corrected chi connectivity index (χ4v) is 0.836. The first kappa shape index (κ1) is 9.02. The fraction of sp³-hybridized carbons (Fsp3) is 1.00. The Morgan fingerprint density at radius 3 is 2.11 bits per heavy atom. The first-order valence-corrected chi connectivity index (χ1v) is 3.86. The maximum Gasteiger partial charge on any atom is 0.372 e. The van der Waals surface area contributed by atoms with Crippen LogP contribution in [-0.4, -0.2) is 33.0 Å². The Labute approximate surface area is 60.1 Å². The van der Waals surface area contributed by atoms with Crippen LogP contribution in [0.5, 0.6) is 0 Å². The van der Waals surface area contributed by atoms with E-state index in [-0.39, 0.29) is 0 Å². The zero-order valence-corrected chi connectivity index (χ0v) is 7.28. The van der Waals surface area contributed by atoms with E-state index in [9.17, 15) is 0 Å². The first-order valence-electron chi connectivity index (χ1n) is 3.86. The number of hydrogen-bond acceptors (Lipinski definition) is 0. The molecule has 0 saturated heterocycles. The fourth-order valence-electron chi connectivity index (χ4n) is 0.836. The normalized spacial score (nSPS) is 11.9. The van der Waals surface area contributed by atoms with Crippen LogP contribution in [-0.2, 0) is 0 Å². The zero-order chi connectivity index (χ0) is 7.33. The third-order valence-electron chi connectivity index (χ3n) is 1.43. The molecule has 0 saturated carbocycles. The van der Waals surface area contributed by atoms with Crippen LogP contribution in [0.3, 0.4) is 0 Å². The van der Waals surface area contributed by atoms with Crippen molar-refractivity contribution in [3.8, 4) is 0 Å². The Morgan fingerprint density at radius 2 is 1.78 bits per heavy atom. The SMILES string of the molecule is B[N+](C)(C)CCCCC. The highest BCUT2D eigenvalue weighted by Crippen LogP contribution is 1.98. The summed E-state index contributed by atoms with van der Waals surface area (Å²) in [5.41, 5.74) is 0. The van der Waals surface area contributed by atoms with Gasteiger partial charge in [-0.3, -0.25) is 0 Å². The van der Waals surface area contributed by atoms with Crippen molar-refractivity contribution in [2.75, 3.05) is 20.6 Å². The van der Waals surface area contributed by atoms with Gasteiger partial charge in [0, 0.05) is 14.1 Å². The van der Waals surface area contributed by atoms with Gasteiger partial charge in [0.2, 0.25) is 0 Å². The molecule has 0 bridgehead atoms. The van der Waals surface area contributed by atoms with E-state index in [0.717, 1.165) is 4.39 Å². The topological polar surface area (TPSA) is 0 Å². The molecule has 0 unspecified atom stereocenters. The lowest BCUT2D eigenvalue weighted by Crippen LogP contribution is -2.37. The Balaban J connectivity index is 3.07. The van der Waals surface area contributed by atoms with E-state index in [1.807, 2.05) is 0 Å². The van der Waals surface area contributed by atoms with Crippen molar-refractivity contribution in [3.63, 3.8) is 0 Å². The molecule has 0 aromatic rings. The van der Waals surface area contributed by atoms with Gasteiger partial charge in [-0.25, -0.2) is 0 Å². The highest BCUT2D eigenvalue weighted by atomic mass is 15.2. The number of nitrogens with zero attached hydrogens (tertiary/aromatic N) is 1. The molecule has 0 rings (SSSR count). The minimum Gasteiger partial charge on any atom is -0.404 e. The second-order valence-corrected chi connectivity index (χ2v) is 3.72. The summed E-state index contributed by atoms with van der Waals surface area (Å²) >= 11 is 0. The molecule has 0 spiro atoms. The Hall–Kier alpha value is 0.0249. The monoisotopic (exact) mass is 128 g/mol. The highest BCUT2D eigenvalue weighted by molar-refractivity contribution is 5.97. The summed E-state index contributed by atoms with van der Waals surface area (Å²) in [4.78, 5) is 0. The van der Waals surface area contributed by atoms with Crippen molar-refractivity contribution >= 4 is 7.98 Å². The second-order valence-electron chi connectivity index (χ2n) is 3.72. The van der Waals surface area contributed by atoms with E-state index in [2.05, 4.69) is 29.0 Å². The molecule has 0 aromatic carbocycles. The molecule has 0 radical (unpaired) electrons. The summed E-state index contributed by atoms with van der Waals surface area (Å²) in [5, 5.41) is 0. The molecule has 9 heavy (non-hydrogen) atoms. The molecule has 1 nitrogen and oxygen atoms in total. The van der Waals surface area contributed by atoms with Gasteiger partial charge in [-0.2, -0.15) is 0 Å². The standard InChI is InChI=1S/C7H19BN/c1-4-5-6-7-9(2,3)8/h4-8H2,1-3H3/q+1. The maximum atomic E-state index is 2.25. The van der Waals surface area contributed by atoms with Crippen molar-refractivity contribution in [2.45, 2.75) is 26.2 Å². The molecule has 2 heteroatoms. The summed E-state index contributed by atoms with van der Waals surface area (Å²) in [5.74, 6) is 0.